The van der Waals surface area contributed by atoms with Gasteiger partial charge in [0.15, 0.2) is 5.69 Å². The normalized spacial score (nSPS) is 27.4. The minimum Gasteiger partial charge on any atom is -0.394 e. The van der Waals surface area contributed by atoms with E-state index in [1.54, 1.807) is 0 Å². The van der Waals surface area contributed by atoms with E-state index in [0.29, 0.717) is 18.5 Å². The number of hydrogen-bond acceptors (Lipinski definition) is 7. The van der Waals surface area contributed by atoms with Gasteiger partial charge in [0.2, 0.25) is 0 Å². The largest absolute Gasteiger partial charge is 0.434 e. The first kappa shape index (κ1) is 25.3. The maximum Gasteiger partial charge on any atom is 0.434 e. The van der Waals surface area contributed by atoms with Gasteiger partial charge in [-0.2, -0.15) is 26.3 Å². The Morgan fingerprint density at radius 3 is 2.12 bits per heavy atom. The van der Waals surface area contributed by atoms with Gasteiger partial charge in [-0.3, -0.25) is 4.98 Å². The second-order valence-corrected chi connectivity index (χ2v) is 7.67. The predicted molar refractivity (Wildman–Crippen MR) is 99.7 cm³/mol. The Kier molecular flexibility index (Phi) is 7.01. The Labute approximate surface area is 183 Å². The highest BCUT2D eigenvalue weighted by Gasteiger charge is 2.47. The molecule has 0 bridgehead atoms. The van der Waals surface area contributed by atoms with E-state index in [2.05, 4.69) is 9.97 Å². The van der Waals surface area contributed by atoms with Gasteiger partial charge in [-0.05, 0) is 11.6 Å². The molecule has 0 radical (unpaired) electrons. The Balaban J connectivity index is 1.99. The molecule has 182 valence electrons. The van der Waals surface area contributed by atoms with E-state index in [0.717, 1.165) is 6.07 Å². The lowest BCUT2D eigenvalue weighted by molar-refractivity contribution is -0.233. The predicted octanol–water partition coefficient (Wildman–Crippen LogP) is 2.13. The van der Waals surface area contributed by atoms with Crippen molar-refractivity contribution in [2.24, 2.45) is 0 Å². The summed E-state index contributed by atoms with van der Waals surface area (Å²) in [6.07, 6.45) is -16.4. The van der Waals surface area contributed by atoms with Gasteiger partial charge >= 0.3 is 12.4 Å². The lowest BCUT2D eigenvalue weighted by atomic mass is 9.83. The van der Waals surface area contributed by atoms with E-state index < -0.39 is 66.7 Å². The van der Waals surface area contributed by atoms with Crippen LogP contribution in [0.15, 0.2) is 30.6 Å². The number of halogens is 6. The van der Waals surface area contributed by atoms with E-state index in [1.807, 2.05) is 0 Å². The van der Waals surface area contributed by atoms with Crippen molar-refractivity contribution in [3.05, 3.63) is 47.4 Å². The van der Waals surface area contributed by atoms with Crippen LogP contribution in [0.4, 0.5) is 26.3 Å². The van der Waals surface area contributed by atoms with E-state index in [9.17, 15) is 46.8 Å². The molecule has 1 aromatic heterocycles. The summed E-state index contributed by atoms with van der Waals surface area (Å²) in [5.74, 6) is -1.17. The lowest BCUT2D eigenvalue weighted by Crippen LogP contribution is -2.59. The molecule has 13 heteroatoms. The summed E-state index contributed by atoms with van der Waals surface area (Å²) < 4.78 is 84.9. The van der Waals surface area contributed by atoms with E-state index in [1.165, 1.54) is 13.0 Å². The van der Waals surface area contributed by atoms with E-state index >= 15 is 0 Å². The smallest absolute Gasteiger partial charge is 0.394 e. The van der Waals surface area contributed by atoms with Crippen molar-refractivity contribution < 1.29 is 51.5 Å². The fourth-order valence-electron chi connectivity index (χ4n) is 3.70. The molecule has 0 spiro atoms. The molecule has 4 N–H and O–H groups in total. The fourth-order valence-corrected chi connectivity index (χ4v) is 3.70. The molecule has 1 aliphatic heterocycles. The zero-order valence-electron chi connectivity index (χ0n) is 16.9. The number of rotatable bonds is 4. The third kappa shape index (κ3) is 5.11. The monoisotopic (exact) mass is 482 g/mol. The third-order valence-electron chi connectivity index (χ3n) is 5.51. The lowest BCUT2D eigenvalue weighted by Gasteiger charge is -2.42. The van der Waals surface area contributed by atoms with Crippen molar-refractivity contribution in [1.82, 2.24) is 9.97 Å². The number of aliphatic hydroxyl groups is 4. The average Bonchev–Trinajstić information content (AvgIpc) is 2.76. The van der Waals surface area contributed by atoms with Crippen LogP contribution in [0, 0.1) is 0 Å². The summed E-state index contributed by atoms with van der Waals surface area (Å²) in [5.41, 5.74) is -3.16. The van der Waals surface area contributed by atoms with Crippen molar-refractivity contribution >= 4 is 0 Å². The van der Waals surface area contributed by atoms with Crippen molar-refractivity contribution in [1.29, 1.82) is 0 Å². The average molecular weight is 482 g/mol. The molecule has 33 heavy (non-hydrogen) atoms. The molecule has 0 aliphatic carbocycles. The van der Waals surface area contributed by atoms with Gasteiger partial charge in [0.1, 0.15) is 24.4 Å². The van der Waals surface area contributed by atoms with Gasteiger partial charge in [-0.25, -0.2) is 4.98 Å². The highest BCUT2D eigenvalue weighted by atomic mass is 19.4. The van der Waals surface area contributed by atoms with Crippen LogP contribution in [-0.4, -0.2) is 67.5 Å². The van der Waals surface area contributed by atoms with Gasteiger partial charge in [0.25, 0.3) is 0 Å². The minimum absolute atomic E-state index is 0.145. The van der Waals surface area contributed by atoms with Gasteiger partial charge in [-0.15, -0.1) is 0 Å². The quantitative estimate of drug-likeness (QED) is 0.494. The van der Waals surface area contributed by atoms with Crippen molar-refractivity contribution in [2.75, 3.05) is 6.61 Å². The number of aliphatic hydroxyl groups excluding tert-OH is 4. The zero-order chi connectivity index (χ0) is 24.7. The first-order valence-corrected chi connectivity index (χ1v) is 9.67. The summed E-state index contributed by atoms with van der Waals surface area (Å²) in [7, 11) is 0. The van der Waals surface area contributed by atoms with Crippen LogP contribution >= 0.6 is 0 Å². The van der Waals surface area contributed by atoms with E-state index in [-0.39, 0.29) is 16.8 Å². The number of hydrogen-bond donors (Lipinski definition) is 4. The molecule has 0 unspecified atom stereocenters. The number of alkyl halides is 6. The van der Waals surface area contributed by atoms with Gasteiger partial charge < -0.3 is 25.2 Å². The maximum absolute atomic E-state index is 13.9. The first-order valence-electron chi connectivity index (χ1n) is 9.67. The summed E-state index contributed by atoms with van der Waals surface area (Å²) in [6, 6.07) is 2.94. The molecular formula is C20H20F6N2O5. The fraction of sp³-hybridized carbons (Fsp3) is 0.500. The topological polar surface area (TPSA) is 116 Å². The maximum atomic E-state index is 13.9. The van der Waals surface area contributed by atoms with Crippen LogP contribution in [0.2, 0.25) is 0 Å². The molecule has 2 aromatic rings. The molecule has 6 atom stereocenters. The van der Waals surface area contributed by atoms with Crippen molar-refractivity contribution in [2.45, 2.75) is 55.7 Å². The van der Waals surface area contributed by atoms with Crippen molar-refractivity contribution in [3.8, 4) is 11.3 Å². The number of ether oxygens (including phenoxy) is 1. The summed E-state index contributed by atoms with van der Waals surface area (Å²) in [5, 5.41) is 39.4. The Hall–Kier alpha value is -2.32. The molecule has 7 nitrogen and oxygen atoms in total. The number of nitrogens with zero attached hydrogens (tertiary/aromatic N) is 2. The number of aromatic nitrogens is 2. The number of benzene rings is 1. The standard InChI is InChI=1S/C20H20F6N2O5/c1-8(18-17(32)16(31)15(30)13(7-29)33-18)10-3-2-9(4-11(10)19(21,22)23)12-5-28-14(6-27-12)20(24,25)26/h2-6,8,13,15-18,29-32H,7H2,1H3/t8-,13-,15-,16+,17+,18-/m1/s1. The van der Waals surface area contributed by atoms with Crippen LogP contribution in [0.25, 0.3) is 11.3 Å². The van der Waals surface area contributed by atoms with Crippen LogP contribution in [-0.2, 0) is 17.1 Å². The van der Waals surface area contributed by atoms with Crippen LogP contribution < -0.4 is 0 Å². The van der Waals surface area contributed by atoms with Gasteiger partial charge in [0, 0.05) is 11.5 Å². The molecule has 1 fully saturated rings. The Morgan fingerprint density at radius 1 is 0.939 bits per heavy atom. The minimum atomic E-state index is -4.90. The van der Waals surface area contributed by atoms with Crippen LogP contribution in [0.1, 0.15) is 29.7 Å². The van der Waals surface area contributed by atoms with Gasteiger partial charge in [0.05, 0.1) is 36.4 Å². The van der Waals surface area contributed by atoms with Gasteiger partial charge in [-0.1, -0.05) is 19.1 Å². The molecule has 0 amide bonds. The second kappa shape index (κ2) is 9.14. The SMILES string of the molecule is C[C@H](c1ccc(-c2cnc(C(F)(F)F)cn2)cc1C(F)(F)F)[C@H]1O[C@H](CO)[C@@H](O)[C@H](O)[C@@H]1O. The van der Waals surface area contributed by atoms with Crippen LogP contribution in [0.3, 0.4) is 0 Å². The Morgan fingerprint density at radius 2 is 1.61 bits per heavy atom. The third-order valence-corrected chi connectivity index (χ3v) is 5.51. The molecule has 0 saturated carbocycles. The molecule has 1 aliphatic rings. The van der Waals surface area contributed by atoms with Crippen molar-refractivity contribution in [3.63, 3.8) is 0 Å². The molecule has 3 rings (SSSR count). The van der Waals surface area contributed by atoms with E-state index in [4.69, 9.17) is 4.74 Å². The summed E-state index contributed by atoms with van der Waals surface area (Å²) in [6.45, 7) is 0.556. The summed E-state index contributed by atoms with van der Waals surface area (Å²) >= 11 is 0. The van der Waals surface area contributed by atoms with Crippen LogP contribution in [0.5, 0.6) is 0 Å². The second-order valence-electron chi connectivity index (χ2n) is 7.67. The highest BCUT2D eigenvalue weighted by molar-refractivity contribution is 5.61. The molecule has 2 heterocycles. The Bertz CT molecular complexity index is 967. The first-order chi connectivity index (χ1) is 15.3. The molecule has 1 saturated heterocycles. The summed E-state index contributed by atoms with van der Waals surface area (Å²) in [4.78, 5) is 6.75. The molecular weight excluding hydrogens is 462 g/mol. The molecule has 1 aromatic carbocycles. The zero-order valence-corrected chi connectivity index (χ0v) is 16.9. The highest BCUT2D eigenvalue weighted by Crippen LogP contribution is 2.41.